The van der Waals surface area contributed by atoms with Crippen LogP contribution < -0.4 is 4.74 Å². The first kappa shape index (κ1) is 22.8. The minimum Gasteiger partial charge on any atom is -0.489 e. The lowest BCUT2D eigenvalue weighted by molar-refractivity contribution is 0.120. The Morgan fingerprint density at radius 1 is 1.14 bits per heavy atom. The molecule has 0 saturated heterocycles. The van der Waals surface area contributed by atoms with Gasteiger partial charge in [-0.15, -0.1) is 0 Å². The topological polar surface area (TPSA) is 78.5 Å². The molecule has 1 N–H and O–H groups in total. The Morgan fingerprint density at radius 3 is 2.74 bits per heavy atom. The van der Waals surface area contributed by atoms with E-state index in [0.717, 1.165) is 16.5 Å². The van der Waals surface area contributed by atoms with Crippen molar-refractivity contribution in [2.24, 2.45) is 4.99 Å². The SMILES string of the molecule is CC=N/C=C(\C)C1(O)c2ccc(C#N)c(c2)COc2cccc(c2)-c2cc(Cl)nc3ccc1cc23. The summed E-state index contributed by atoms with van der Waals surface area (Å²) in [6.45, 7) is 3.84. The van der Waals surface area contributed by atoms with Gasteiger partial charge in [0.05, 0.1) is 17.1 Å². The minimum atomic E-state index is -1.51. The number of aliphatic hydroxyl groups is 1. The molecule has 0 radical (unpaired) electrons. The zero-order chi connectivity index (χ0) is 24.6. The highest BCUT2D eigenvalue weighted by atomic mass is 35.5. The molecular weight excluding hydrogens is 458 g/mol. The van der Waals surface area contributed by atoms with Crippen molar-refractivity contribution in [3.05, 3.63) is 106 Å². The Balaban J connectivity index is 1.89. The molecule has 1 aromatic heterocycles. The molecule has 1 unspecified atom stereocenters. The van der Waals surface area contributed by atoms with Crippen LogP contribution in [0.25, 0.3) is 22.0 Å². The van der Waals surface area contributed by atoms with Crippen LogP contribution in [0.15, 0.2) is 83.5 Å². The van der Waals surface area contributed by atoms with Crippen LogP contribution in [0.2, 0.25) is 5.15 Å². The van der Waals surface area contributed by atoms with Gasteiger partial charge in [-0.1, -0.05) is 35.9 Å². The molecule has 172 valence electrons. The molecule has 5 nitrogen and oxygen atoms in total. The van der Waals surface area contributed by atoms with Crippen LogP contribution in [0.3, 0.4) is 0 Å². The summed E-state index contributed by atoms with van der Waals surface area (Å²) < 4.78 is 6.10. The summed E-state index contributed by atoms with van der Waals surface area (Å²) in [6.07, 6.45) is 3.32. The Hall–Kier alpha value is -3.98. The molecule has 1 aliphatic heterocycles. The molecule has 3 aromatic carbocycles. The number of fused-ring (bicyclic) bond motifs is 6. The number of hydrogen-bond acceptors (Lipinski definition) is 5. The van der Waals surface area contributed by atoms with Gasteiger partial charge in [0.15, 0.2) is 0 Å². The summed E-state index contributed by atoms with van der Waals surface area (Å²) >= 11 is 6.38. The van der Waals surface area contributed by atoms with Crippen LogP contribution >= 0.6 is 11.6 Å². The van der Waals surface area contributed by atoms with Gasteiger partial charge in [0.25, 0.3) is 0 Å². The monoisotopic (exact) mass is 479 g/mol. The van der Waals surface area contributed by atoms with E-state index >= 15 is 0 Å². The third kappa shape index (κ3) is 3.97. The Labute approximate surface area is 208 Å². The van der Waals surface area contributed by atoms with Crippen molar-refractivity contribution in [2.75, 3.05) is 0 Å². The van der Waals surface area contributed by atoms with Gasteiger partial charge in [-0.25, -0.2) is 4.98 Å². The van der Waals surface area contributed by atoms with Crippen LogP contribution in [0.1, 0.15) is 36.1 Å². The average Bonchev–Trinajstić information content (AvgIpc) is 2.89. The third-order valence-corrected chi connectivity index (χ3v) is 6.56. The lowest BCUT2D eigenvalue weighted by Gasteiger charge is -2.31. The summed E-state index contributed by atoms with van der Waals surface area (Å²) in [5.74, 6) is 0.664. The van der Waals surface area contributed by atoms with E-state index in [1.54, 1.807) is 24.5 Å². The van der Waals surface area contributed by atoms with Gasteiger partial charge in [-0.2, -0.15) is 5.26 Å². The van der Waals surface area contributed by atoms with Gasteiger partial charge in [0.1, 0.15) is 23.1 Å². The fourth-order valence-electron chi connectivity index (χ4n) is 4.52. The molecule has 35 heavy (non-hydrogen) atoms. The molecule has 4 aromatic rings. The van der Waals surface area contributed by atoms with Crippen molar-refractivity contribution in [1.82, 2.24) is 4.98 Å². The van der Waals surface area contributed by atoms with E-state index in [1.807, 2.05) is 68.4 Å². The molecule has 1 atom stereocenters. The van der Waals surface area contributed by atoms with Crippen LogP contribution in [0.4, 0.5) is 0 Å². The quantitative estimate of drug-likeness (QED) is 0.261. The first-order chi connectivity index (χ1) is 16.9. The predicted molar refractivity (Wildman–Crippen MR) is 139 cm³/mol. The highest BCUT2D eigenvalue weighted by Crippen LogP contribution is 2.41. The zero-order valence-electron chi connectivity index (χ0n) is 19.3. The Bertz CT molecular complexity index is 1570. The van der Waals surface area contributed by atoms with Crippen LogP contribution in [-0.2, 0) is 12.2 Å². The van der Waals surface area contributed by atoms with E-state index in [-0.39, 0.29) is 6.61 Å². The summed E-state index contributed by atoms with van der Waals surface area (Å²) in [4.78, 5) is 8.77. The lowest BCUT2D eigenvalue weighted by Crippen LogP contribution is -2.29. The van der Waals surface area contributed by atoms with E-state index in [1.165, 1.54) is 0 Å². The maximum Gasteiger partial charge on any atom is 0.138 e. The second kappa shape index (κ2) is 8.99. The second-order valence-electron chi connectivity index (χ2n) is 8.45. The number of halogens is 1. The molecule has 2 heterocycles. The summed E-state index contributed by atoms with van der Waals surface area (Å²) in [6, 6.07) is 22.8. The van der Waals surface area contributed by atoms with Crippen molar-refractivity contribution < 1.29 is 9.84 Å². The second-order valence-corrected chi connectivity index (χ2v) is 8.84. The smallest absolute Gasteiger partial charge is 0.138 e. The van der Waals surface area contributed by atoms with Crippen molar-refractivity contribution >= 4 is 28.7 Å². The lowest BCUT2D eigenvalue weighted by atomic mass is 9.79. The molecular formula is C29H22ClN3O2. The van der Waals surface area contributed by atoms with Gasteiger partial charge < -0.3 is 9.84 Å². The van der Waals surface area contributed by atoms with Crippen molar-refractivity contribution in [2.45, 2.75) is 26.1 Å². The molecule has 0 spiro atoms. The van der Waals surface area contributed by atoms with E-state index in [2.05, 4.69) is 16.0 Å². The Kier molecular flexibility index (Phi) is 5.86. The number of aromatic nitrogens is 1. The maximum absolute atomic E-state index is 12.3. The van der Waals surface area contributed by atoms with Gasteiger partial charge in [-0.05, 0) is 84.1 Å². The van der Waals surface area contributed by atoms with Crippen molar-refractivity contribution in [3.8, 4) is 22.9 Å². The first-order valence-electron chi connectivity index (χ1n) is 11.2. The zero-order valence-corrected chi connectivity index (χ0v) is 20.0. The van der Waals surface area contributed by atoms with Gasteiger partial charge in [-0.3, -0.25) is 4.99 Å². The van der Waals surface area contributed by atoms with E-state index in [9.17, 15) is 10.4 Å². The number of benzene rings is 3. The van der Waals surface area contributed by atoms with Gasteiger partial charge in [0, 0.05) is 23.4 Å². The van der Waals surface area contributed by atoms with Gasteiger partial charge >= 0.3 is 0 Å². The largest absolute Gasteiger partial charge is 0.489 e. The van der Waals surface area contributed by atoms with Crippen LogP contribution in [0.5, 0.6) is 5.75 Å². The number of rotatable bonds is 2. The molecule has 0 saturated carbocycles. The number of ether oxygens (including phenoxy) is 1. The minimum absolute atomic E-state index is 0.177. The predicted octanol–water partition coefficient (Wildman–Crippen LogP) is 6.55. The molecule has 6 heteroatoms. The summed E-state index contributed by atoms with van der Waals surface area (Å²) in [5, 5.41) is 23.3. The number of nitriles is 1. The van der Waals surface area contributed by atoms with E-state index in [4.69, 9.17) is 16.3 Å². The highest BCUT2D eigenvalue weighted by molar-refractivity contribution is 6.30. The fourth-order valence-corrected chi connectivity index (χ4v) is 4.72. The Morgan fingerprint density at radius 2 is 1.94 bits per heavy atom. The molecule has 1 aliphatic rings. The molecule has 5 rings (SSSR count). The van der Waals surface area contributed by atoms with Crippen molar-refractivity contribution in [1.29, 1.82) is 5.26 Å². The standard InChI is InChI=1S/C29H22ClN3O2/c1-3-32-16-18(2)29(34)22-8-7-20(15-31)21(11-22)17-35-24-6-4-5-19(12-24)25-14-28(30)33-27-10-9-23(29)13-26(25)27/h3-14,16,34H,17H2,1-2H3/b18-16+,32-3?. The molecule has 6 bridgehead atoms. The number of hydrogen-bond donors (Lipinski definition) is 1. The molecule has 0 fully saturated rings. The van der Waals surface area contributed by atoms with E-state index in [0.29, 0.717) is 44.2 Å². The maximum atomic E-state index is 12.3. The summed E-state index contributed by atoms with van der Waals surface area (Å²) in [7, 11) is 0. The average molecular weight is 480 g/mol. The van der Waals surface area contributed by atoms with Crippen molar-refractivity contribution in [3.63, 3.8) is 0 Å². The van der Waals surface area contributed by atoms with Crippen LogP contribution in [0, 0.1) is 11.3 Å². The normalized spacial score (nSPS) is 17.4. The van der Waals surface area contributed by atoms with Crippen LogP contribution in [-0.4, -0.2) is 16.3 Å². The molecule has 0 aliphatic carbocycles. The summed E-state index contributed by atoms with van der Waals surface area (Å²) in [5.41, 5.74) is 4.07. The number of pyridine rings is 1. The number of nitrogens with zero attached hydrogens (tertiary/aromatic N) is 3. The van der Waals surface area contributed by atoms with E-state index < -0.39 is 5.60 Å². The van der Waals surface area contributed by atoms with Gasteiger partial charge in [0.2, 0.25) is 0 Å². The first-order valence-corrected chi connectivity index (χ1v) is 11.6. The molecule has 0 amide bonds. The fraction of sp³-hybridized carbons (Fsp3) is 0.138. The third-order valence-electron chi connectivity index (χ3n) is 6.37. The highest BCUT2D eigenvalue weighted by Gasteiger charge is 2.35. The number of aliphatic imine (C=N–C) groups is 1.